The number of Topliss-reactive ketones (excluding diaryl/α,β-unsaturated/α-hetero) is 1. The number of aryl methyl sites for hydroxylation is 1. The molecule has 4 rings (SSSR count). The molecule has 0 aliphatic rings. The molecule has 4 aromatic rings. The third-order valence-electron chi connectivity index (χ3n) is 6.85. The van der Waals surface area contributed by atoms with Crippen molar-refractivity contribution in [2.45, 2.75) is 51.9 Å². The fraction of sp³-hybridized carbons (Fsp3) is 0.290. The minimum atomic E-state index is -0.261. The highest BCUT2D eigenvalue weighted by molar-refractivity contribution is 6.30. The van der Waals surface area contributed by atoms with Gasteiger partial charge in [-0.1, -0.05) is 49.2 Å². The van der Waals surface area contributed by atoms with Crippen molar-refractivity contribution in [1.82, 2.24) is 10.3 Å². The van der Waals surface area contributed by atoms with E-state index in [0.717, 1.165) is 40.5 Å². The van der Waals surface area contributed by atoms with Gasteiger partial charge in [0.05, 0.1) is 5.52 Å². The van der Waals surface area contributed by atoms with Crippen LogP contribution >= 0.6 is 11.6 Å². The van der Waals surface area contributed by atoms with E-state index in [4.69, 9.17) is 11.6 Å². The molecule has 37 heavy (non-hydrogen) atoms. The first-order valence-corrected chi connectivity index (χ1v) is 13.1. The lowest BCUT2D eigenvalue weighted by molar-refractivity contribution is -0.116. The largest absolute Gasteiger partial charge is 0.358 e. The molecule has 4 nitrogen and oxygen atoms in total. The van der Waals surface area contributed by atoms with Crippen molar-refractivity contribution in [2.24, 2.45) is 0 Å². The van der Waals surface area contributed by atoms with Crippen LogP contribution in [0.1, 0.15) is 77.6 Å². The topological polar surface area (TPSA) is 62.0 Å². The second-order valence-electron chi connectivity index (χ2n) is 9.67. The lowest BCUT2D eigenvalue weighted by Gasteiger charge is -2.28. The molecule has 0 fully saturated rings. The van der Waals surface area contributed by atoms with Crippen LogP contribution in [0.5, 0.6) is 0 Å². The molecule has 2 atom stereocenters. The predicted octanol–water partition coefficient (Wildman–Crippen LogP) is 7.69. The minimum Gasteiger partial charge on any atom is -0.358 e. The Hall–Kier alpha value is -3.44. The molecule has 1 amide bonds. The number of nitrogens with one attached hydrogen (secondary N) is 2. The molecular formula is C31H32ClFN2O2. The van der Waals surface area contributed by atoms with Crippen LogP contribution in [-0.4, -0.2) is 23.2 Å². The van der Waals surface area contributed by atoms with Crippen molar-refractivity contribution in [3.05, 3.63) is 106 Å². The first-order valence-electron chi connectivity index (χ1n) is 12.7. The van der Waals surface area contributed by atoms with E-state index in [9.17, 15) is 14.0 Å². The summed E-state index contributed by atoms with van der Waals surface area (Å²) in [5.74, 6) is -0.385. The Balaban J connectivity index is 1.76. The van der Waals surface area contributed by atoms with Gasteiger partial charge in [0.25, 0.3) is 5.91 Å². The highest BCUT2D eigenvalue weighted by Gasteiger charge is 2.29. The number of hydrogen-bond donors (Lipinski definition) is 2. The van der Waals surface area contributed by atoms with Crippen molar-refractivity contribution < 1.29 is 14.0 Å². The van der Waals surface area contributed by atoms with Crippen LogP contribution in [0, 0.1) is 12.7 Å². The summed E-state index contributed by atoms with van der Waals surface area (Å²) in [5.41, 5.74) is 5.15. The monoisotopic (exact) mass is 518 g/mol. The van der Waals surface area contributed by atoms with Gasteiger partial charge in [0.15, 0.2) is 0 Å². The molecule has 1 heterocycles. The lowest BCUT2D eigenvalue weighted by atomic mass is 9.75. The van der Waals surface area contributed by atoms with Crippen LogP contribution in [0.25, 0.3) is 10.9 Å². The fourth-order valence-corrected chi connectivity index (χ4v) is 5.20. The number of benzene rings is 3. The molecule has 0 saturated heterocycles. The maximum Gasteiger partial charge on any atom is 0.251 e. The van der Waals surface area contributed by atoms with E-state index < -0.39 is 0 Å². The molecule has 1 aromatic heterocycles. The Kier molecular flexibility index (Phi) is 8.45. The van der Waals surface area contributed by atoms with Crippen molar-refractivity contribution in [2.75, 3.05) is 6.54 Å². The number of aromatic nitrogens is 1. The van der Waals surface area contributed by atoms with Gasteiger partial charge in [0, 0.05) is 41.1 Å². The van der Waals surface area contributed by atoms with E-state index in [1.54, 1.807) is 6.07 Å². The number of rotatable bonds is 10. The second kappa shape index (κ2) is 11.7. The van der Waals surface area contributed by atoms with Gasteiger partial charge in [0.2, 0.25) is 0 Å². The normalized spacial score (nSPS) is 12.9. The van der Waals surface area contributed by atoms with Crippen molar-refractivity contribution in [1.29, 1.82) is 0 Å². The highest BCUT2D eigenvalue weighted by Crippen LogP contribution is 2.44. The van der Waals surface area contributed by atoms with Crippen molar-refractivity contribution >= 4 is 34.2 Å². The Morgan fingerprint density at radius 2 is 1.70 bits per heavy atom. The summed E-state index contributed by atoms with van der Waals surface area (Å²) < 4.78 is 14.8. The second-order valence-corrected chi connectivity index (χ2v) is 10.1. The number of hydrogen-bond acceptors (Lipinski definition) is 2. The highest BCUT2D eigenvalue weighted by atomic mass is 35.5. The Morgan fingerprint density at radius 3 is 2.35 bits per heavy atom. The Bertz CT molecular complexity index is 1390. The van der Waals surface area contributed by atoms with E-state index >= 15 is 0 Å². The third-order valence-corrected chi connectivity index (χ3v) is 7.10. The molecule has 0 spiro atoms. The number of aromatic amines is 1. The van der Waals surface area contributed by atoms with Gasteiger partial charge in [-0.3, -0.25) is 9.59 Å². The molecule has 192 valence electrons. The summed E-state index contributed by atoms with van der Waals surface area (Å²) in [7, 11) is 0. The summed E-state index contributed by atoms with van der Waals surface area (Å²) in [6.07, 6.45) is 4.10. The molecule has 0 aliphatic carbocycles. The predicted molar refractivity (Wildman–Crippen MR) is 148 cm³/mol. The molecule has 0 bridgehead atoms. The number of H-pyrrole nitrogens is 1. The zero-order chi connectivity index (χ0) is 26.5. The molecule has 0 saturated carbocycles. The average Bonchev–Trinajstić information content (AvgIpc) is 3.28. The number of fused-ring (bicyclic) bond motifs is 1. The quantitative estimate of drug-likeness (QED) is 0.226. The van der Waals surface area contributed by atoms with E-state index in [-0.39, 0.29) is 29.3 Å². The summed E-state index contributed by atoms with van der Waals surface area (Å²) in [5, 5.41) is 4.34. The third kappa shape index (κ3) is 6.11. The molecule has 0 radical (unpaired) electrons. The standard InChI is InChI=1S/C31H32ClFN2O2/c1-4-5-25(21-6-8-23(9-7-21)31(37)34-15-14-20(3)36)29(22-10-12-24(32)13-11-22)27-18-35-30-26(27)16-19(2)17-28(30)33/h6-13,16-18,25,29,35H,4-5,14-15H2,1-3H3,(H,34,37)/t25-,29+/m1/s1. The van der Waals surface area contributed by atoms with Gasteiger partial charge >= 0.3 is 0 Å². The van der Waals surface area contributed by atoms with E-state index in [2.05, 4.69) is 17.2 Å². The zero-order valence-corrected chi connectivity index (χ0v) is 22.2. The van der Waals surface area contributed by atoms with E-state index in [0.29, 0.717) is 29.1 Å². The van der Waals surface area contributed by atoms with Crippen LogP contribution in [0.4, 0.5) is 4.39 Å². The minimum absolute atomic E-state index is 0.0404. The first kappa shape index (κ1) is 26.6. The Morgan fingerprint density at radius 1 is 1.03 bits per heavy atom. The first-order chi connectivity index (χ1) is 17.8. The molecule has 0 unspecified atom stereocenters. The van der Waals surface area contributed by atoms with Crippen LogP contribution in [0.2, 0.25) is 5.02 Å². The average molecular weight is 519 g/mol. The summed E-state index contributed by atoms with van der Waals surface area (Å²) in [4.78, 5) is 26.9. The van der Waals surface area contributed by atoms with Crippen molar-refractivity contribution in [3.8, 4) is 0 Å². The van der Waals surface area contributed by atoms with E-state index in [1.807, 2.05) is 67.7 Å². The molecule has 2 N–H and O–H groups in total. The summed E-state index contributed by atoms with van der Waals surface area (Å²) in [6, 6.07) is 19.1. The van der Waals surface area contributed by atoms with Crippen molar-refractivity contribution in [3.63, 3.8) is 0 Å². The Labute approximate surface area is 222 Å². The number of ketones is 1. The number of carbonyl (C=O) groups excluding carboxylic acids is 2. The van der Waals surface area contributed by atoms with Crippen LogP contribution < -0.4 is 5.32 Å². The molecule has 0 aliphatic heterocycles. The van der Waals surface area contributed by atoms with Crippen LogP contribution in [0.15, 0.2) is 66.9 Å². The van der Waals surface area contributed by atoms with Crippen LogP contribution in [-0.2, 0) is 4.79 Å². The maximum atomic E-state index is 14.8. The molecule has 6 heteroatoms. The fourth-order valence-electron chi connectivity index (χ4n) is 5.07. The number of halogens is 2. The van der Waals surface area contributed by atoms with Gasteiger partial charge in [-0.05, 0) is 84.8 Å². The van der Waals surface area contributed by atoms with Gasteiger partial charge < -0.3 is 10.3 Å². The van der Waals surface area contributed by atoms with Gasteiger partial charge in [-0.15, -0.1) is 0 Å². The van der Waals surface area contributed by atoms with Gasteiger partial charge in [-0.2, -0.15) is 0 Å². The number of amides is 1. The molecular weight excluding hydrogens is 487 g/mol. The smallest absolute Gasteiger partial charge is 0.251 e. The molecule has 3 aromatic carbocycles. The zero-order valence-electron chi connectivity index (χ0n) is 21.4. The van der Waals surface area contributed by atoms with Crippen LogP contribution in [0.3, 0.4) is 0 Å². The number of carbonyl (C=O) groups is 2. The summed E-state index contributed by atoms with van der Waals surface area (Å²) >= 11 is 6.22. The van der Waals surface area contributed by atoms with Gasteiger partial charge in [0.1, 0.15) is 11.6 Å². The SMILES string of the molecule is CCC[C@H](c1ccc(C(=O)NCCC(C)=O)cc1)[C@H](c1ccc(Cl)cc1)c1c[nH]c2c(F)cc(C)cc12. The van der Waals surface area contributed by atoms with Gasteiger partial charge in [-0.25, -0.2) is 4.39 Å². The summed E-state index contributed by atoms with van der Waals surface area (Å²) in [6.45, 7) is 5.89. The lowest BCUT2D eigenvalue weighted by Crippen LogP contribution is -2.25. The maximum absolute atomic E-state index is 14.8. The van der Waals surface area contributed by atoms with E-state index in [1.165, 1.54) is 6.92 Å².